The molecular formula is C28H32N2O4. The van der Waals surface area contributed by atoms with E-state index >= 15 is 0 Å². The number of hydrogen-bond acceptors (Lipinski definition) is 4. The van der Waals surface area contributed by atoms with Crippen LogP contribution < -0.4 is 5.32 Å². The number of anilines is 1. The van der Waals surface area contributed by atoms with Gasteiger partial charge in [0.2, 0.25) is 0 Å². The summed E-state index contributed by atoms with van der Waals surface area (Å²) in [5.41, 5.74) is 5.82. The van der Waals surface area contributed by atoms with E-state index in [2.05, 4.69) is 35.6 Å². The highest BCUT2D eigenvalue weighted by Crippen LogP contribution is 2.65. The number of rotatable bonds is 4. The zero-order valence-electron chi connectivity index (χ0n) is 19.5. The summed E-state index contributed by atoms with van der Waals surface area (Å²) in [6.07, 6.45) is 5.67. The lowest BCUT2D eigenvalue weighted by Gasteiger charge is -2.34. The van der Waals surface area contributed by atoms with Crippen molar-refractivity contribution in [2.45, 2.75) is 56.5 Å². The maximum atomic E-state index is 12.7. The number of ether oxygens (including phenoxy) is 1. The topological polar surface area (TPSA) is 78.9 Å². The van der Waals surface area contributed by atoms with Crippen LogP contribution in [0.2, 0.25) is 0 Å². The second kappa shape index (κ2) is 8.42. The Morgan fingerprint density at radius 3 is 2.50 bits per heavy atom. The Morgan fingerprint density at radius 2 is 1.79 bits per heavy atom. The van der Waals surface area contributed by atoms with Crippen LogP contribution in [0, 0.1) is 5.41 Å². The molecule has 1 saturated carbocycles. The molecule has 34 heavy (non-hydrogen) atoms. The number of piperidine rings is 1. The Labute approximate surface area is 200 Å². The summed E-state index contributed by atoms with van der Waals surface area (Å²) in [7, 11) is 0. The molecule has 1 aliphatic carbocycles. The van der Waals surface area contributed by atoms with Crippen molar-refractivity contribution >= 4 is 17.6 Å². The van der Waals surface area contributed by atoms with E-state index in [9.17, 15) is 14.7 Å². The SMILES string of the molecule is O=C(O)C1CCNc2cc(-c3ccc([C@H]4CC45CCN(C(=O)[C@H]4CCCO4)CC5)cc3)ccc21. The van der Waals surface area contributed by atoms with Crippen molar-refractivity contribution in [3.8, 4) is 11.1 Å². The number of nitrogens with one attached hydrogen (secondary N) is 1. The molecule has 3 heterocycles. The minimum atomic E-state index is -0.750. The van der Waals surface area contributed by atoms with Gasteiger partial charge in [0.15, 0.2) is 0 Å². The molecule has 3 aliphatic heterocycles. The first-order chi connectivity index (χ1) is 16.5. The lowest BCUT2D eigenvalue weighted by atomic mass is 9.87. The van der Waals surface area contributed by atoms with Crippen molar-refractivity contribution in [2.24, 2.45) is 5.41 Å². The van der Waals surface area contributed by atoms with Gasteiger partial charge in [-0.15, -0.1) is 0 Å². The zero-order valence-corrected chi connectivity index (χ0v) is 19.5. The molecule has 6 rings (SSSR count). The second-order valence-electron chi connectivity index (χ2n) is 10.5. The van der Waals surface area contributed by atoms with Gasteiger partial charge in [-0.3, -0.25) is 9.59 Å². The van der Waals surface area contributed by atoms with E-state index in [0.717, 1.165) is 67.8 Å². The minimum Gasteiger partial charge on any atom is -0.481 e. The molecule has 3 atom stereocenters. The van der Waals surface area contributed by atoms with Gasteiger partial charge in [0.25, 0.3) is 5.91 Å². The fourth-order valence-electron chi connectivity index (χ4n) is 6.38. The molecule has 6 nitrogen and oxygen atoms in total. The standard InChI is InChI=1S/C28H32N2O4/c31-26(25-2-1-15-34-25)30-13-10-28(11-14-30)17-23(28)19-5-3-18(4-6-19)20-7-8-21-22(27(32)33)9-12-29-24(21)16-20/h3-8,16,22-23,25,29H,1-2,9-15,17H2,(H,32,33)/t22?,23-,25-/m1/s1. The summed E-state index contributed by atoms with van der Waals surface area (Å²) in [6, 6.07) is 15.0. The first kappa shape index (κ1) is 21.7. The summed E-state index contributed by atoms with van der Waals surface area (Å²) in [6.45, 7) is 3.11. The zero-order chi connectivity index (χ0) is 23.3. The number of carboxylic acid groups (broad SMARTS) is 1. The Morgan fingerprint density at radius 1 is 1.03 bits per heavy atom. The van der Waals surface area contributed by atoms with E-state index in [0.29, 0.717) is 24.3 Å². The minimum absolute atomic E-state index is 0.197. The van der Waals surface area contributed by atoms with E-state index in [1.54, 1.807) is 0 Å². The summed E-state index contributed by atoms with van der Waals surface area (Å²) in [5.74, 6) is -0.391. The maximum Gasteiger partial charge on any atom is 0.311 e. The lowest BCUT2D eigenvalue weighted by Crippen LogP contribution is -2.44. The van der Waals surface area contributed by atoms with Crippen molar-refractivity contribution < 1.29 is 19.4 Å². The molecule has 4 aliphatic rings. The molecule has 178 valence electrons. The molecule has 1 unspecified atom stereocenters. The van der Waals surface area contributed by atoms with Crippen molar-refractivity contribution in [2.75, 3.05) is 31.6 Å². The number of benzene rings is 2. The highest BCUT2D eigenvalue weighted by Gasteiger charge is 2.55. The van der Waals surface area contributed by atoms with E-state index in [1.165, 1.54) is 12.0 Å². The van der Waals surface area contributed by atoms with Gasteiger partial charge in [-0.2, -0.15) is 0 Å². The number of hydrogen-bond donors (Lipinski definition) is 2. The molecule has 2 aromatic rings. The molecule has 1 amide bonds. The van der Waals surface area contributed by atoms with Crippen LogP contribution >= 0.6 is 0 Å². The molecule has 2 aromatic carbocycles. The van der Waals surface area contributed by atoms with E-state index < -0.39 is 11.9 Å². The quantitative estimate of drug-likeness (QED) is 0.697. The van der Waals surface area contributed by atoms with Gasteiger partial charge in [-0.05, 0) is 78.2 Å². The van der Waals surface area contributed by atoms with Crippen molar-refractivity contribution in [3.05, 3.63) is 53.6 Å². The van der Waals surface area contributed by atoms with Gasteiger partial charge in [-0.1, -0.05) is 36.4 Å². The molecule has 2 N–H and O–H groups in total. The summed E-state index contributed by atoms with van der Waals surface area (Å²) < 4.78 is 5.60. The van der Waals surface area contributed by atoms with Crippen LogP contribution in [0.5, 0.6) is 0 Å². The fraction of sp³-hybridized carbons (Fsp3) is 0.500. The highest BCUT2D eigenvalue weighted by atomic mass is 16.5. The number of amides is 1. The number of carbonyl (C=O) groups excluding carboxylic acids is 1. The second-order valence-corrected chi connectivity index (χ2v) is 10.5. The average molecular weight is 461 g/mol. The predicted molar refractivity (Wildman–Crippen MR) is 130 cm³/mol. The monoisotopic (exact) mass is 460 g/mol. The van der Waals surface area contributed by atoms with Gasteiger partial charge < -0.3 is 20.1 Å². The third kappa shape index (κ3) is 3.78. The van der Waals surface area contributed by atoms with Crippen LogP contribution in [0.15, 0.2) is 42.5 Å². The third-order valence-electron chi connectivity index (χ3n) is 8.59. The Hall–Kier alpha value is -2.86. The summed E-state index contributed by atoms with van der Waals surface area (Å²) in [5, 5.41) is 12.9. The molecule has 0 bridgehead atoms. The van der Waals surface area contributed by atoms with Gasteiger partial charge in [0.1, 0.15) is 6.10 Å². The fourth-order valence-corrected chi connectivity index (χ4v) is 6.38. The van der Waals surface area contributed by atoms with Crippen LogP contribution in [-0.2, 0) is 14.3 Å². The van der Waals surface area contributed by atoms with E-state index in [-0.39, 0.29) is 12.0 Å². The van der Waals surface area contributed by atoms with Gasteiger partial charge in [0.05, 0.1) is 5.92 Å². The Bertz CT molecular complexity index is 1100. The van der Waals surface area contributed by atoms with Crippen LogP contribution in [0.25, 0.3) is 11.1 Å². The Balaban J connectivity index is 1.11. The Kier molecular flexibility index (Phi) is 5.36. The normalized spacial score (nSPS) is 27.2. The molecule has 0 radical (unpaired) electrons. The summed E-state index contributed by atoms with van der Waals surface area (Å²) in [4.78, 5) is 26.3. The summed E-state index contributed by atoms with van der Waals surface area (Å²) >= 11 is 0. The molecule has 1 spiro atoms. The van der Waals surface area contributed by atoms with Crippen molar-refractivity contribution in [1.82, 2.24) is 4.90 Å². The van der Waals surface area contributed by atoms with Crippen LogP contribution in [0.3, 0.4) is 0 Å². The predicted octanol–water partition coefficient (Wildman–Crippen LogP) is 4.61. The number of likely N-dealkylation sites (tertiary alicyclic amines) is 1. The smallest absolute Gasteiger partial charge is 0.311 e. The van der Waals surface area contributed by atoms with Crippen molar-refractivity contribution in [1.29, 1.82) is 0 Å². The third-order valence-corrected chi connectivity index (χ3v) is 8.59. The van der Waals surface area contributed by atoms with Crippen molar-refractivity contribution in [3.63, 3.8) is 0 Å². The maximum absolute atomic E-state index is 12.7. The molecular weight excluding hydrogens is 428 g/mol. The van der Waals surface area contributed by atoms with E-state index in [1.807, 2.05) is 17.0 Å². The number of carboxylic acids is 1. The lowest BCUT2D eigenvalue weighted by molar-refractivity contribution is -0.142. The number of fused-ring (bicyclic) bond motifs is 1. The first-order valence-corrected chi connectivity index (χ1v) is 12.7. The largest absolute Gasteiger partial charge is 0.481 e. The van der Waals surface area contributed by atoms with Crippen LogP contribution in [0.4, 0.5) is 5.69 Å². The van der Waals surface area contributed by atoms with Crippen LogP contribution in [0.1, 0.15) is 61.5 Å². The number of carbonyl (C=O) groups is 2. The first-order valence-electron chi connectivity index (χ1n) is 12.7. The molecule has 2 saturated heterocycles. The van der Waals surface area contributed by atoms with Crippen LogP contribution in [-0.4, -0.2) is 54.2 Å². The molecule has 6 heteroatoms. The number of aliphatic carboxylic acids is 1. The van der Waals surface area contributed by atoms with Gasteiger partial charge in [0, 0.05) is 31.9 Å². The van der Waals surface area contributed by atoms with E-state index in [4.69, 9.17) is 4.74 Å². The van der Waals surface area contributed by atoms with Gasteiger partial charge >= 0.3 is 5.97 Å². The highest BCUT2D eigenvalue weighted by molar-refractivity contribution is 5.82. The van der Waals surface area contributed by atoms with Gasteiger partial charge in [-0.25, -0.2) is 0 Å². The molecule has 0 aromatic heterocycles. The molecule has 3 fully saturated rings. The average Bonchev–Trinajstić information content (AvgIpc) is 3.28. The number of nitrogens with zero attached hydrogens (tertiary/aromatic N) is 1.